The second-order valence-corrected chi connectivity index (χ2v) is 4.79. The normalized spacial score (nSPS) is 12.8. The molecule has 90 valence electrons. The largest absolute Gasteiger partial charge is 0.317 e. The first-order chi connectivity index (χ1) is 7.69. The molecule has 1 aromatic carbocycles. The van der Waals surface area contributed by atoms with Gasteiger partial charge >= 0.3 is 0 Å². The van der Waals surface area contributed by atoms with Crippen molar-refractivity contribution in [2.75, 3.05) is 7.05 Å². The fraction of sp³-hybridized carbons (Fsp3) is 0.538. The van der Waals surface area contributed by atoms with E-state index in [4.69, 9.17) is 0 Å². The topological polar surface area (TPSA) is 12.0 Å². The van der Waals surface area contributed by atoms with E-state index in [-0.39, 0.29) is 5.82 Å². The molecule has 0 aromatic heterocycles. The van der Waals surface area contributed by atoms with E-state index in [2.05, 4.69) is 28.2 Å². The van der Waals surface area contributed by atoms with Crippen molar-refractivity contribution in [3.05, 3.63) is 34.1 Å². The molecule has 3 heteroatoms. The molecule has 0 heterocycles. The molecule has 0 fully saturated rings. The monoisotopic (exact) mass is 287 g/mol. The third-order valence-electron chi connectivity index (χ3n) is 2.93. The van der Waals surface area contributed by atoms with Gasteiger partial charge in [0.05, 0.1) is 4.47 Å². The smallest absolute Gasteiger partial charge is 0.137 e. The van der Waals surface area contributed by atoms with Gasteiger partial charge in [0.25, 0.3) is 0 Å². The van der Waals surface area contributed by atoms with E-state index in [0.717, 1.165) is 31.2 Å². The van der Waals surface area contributed by atoms with Crippen LogP contribution in [0.4, 0.5) is 4.39 Å². The second-order valence-electron chi connectivity index (χ2n) is 4.00. The van der Waals surface area contributed by atoms with Crippen molar-refractivity contribution in [2.24, 2.45) is 0 Å². The molecule has 0 bridgehead atoms. The zero-order valence-corrected chi connectivity index (χ0v) is 11.5. The first-order valence-electron chi connectivity index (χ1n) is 5.79. The van der Waals surface area contributed by atoms with Crippen molar-refractivity contribution in [1.82, 2.24) is 5.32 Å². The maximum absolute atomic E-state index is 13.2. The van der Waals surface area contributed by atoms with E-state index >= 15 is 0 Å². The average molecular weight is 288 g/mol. The Morgan fingerprint density at radius 1 is 1.44 bits per heavy atom. The molecular weight excluding hydrogens is 269 g/mol. The van der Waals surface area contributed by atoms with Gasteiger partial charge in [-0.3, -0.25) is 0 Å². The van der Waals surface area contributed by atoms with E-state index in [0.29, 0.717) is 10.5 Å². The minimum Gasteiger partial charge on any atom is -0.317 e. The SMILES string of the molecule is CCC(CCCc1cccc(F)c1Br)NC. The molecule has 1 nitrogen and oxygen atoms in total. The van der Waals surface area contributed by atoms with Gasteiger partial charge in [0, 0.05) is 6.04 Å². The van der Waals surface area contributed by atoms with Gasteiger partial charge < -0.3 is 5.32 Å². The first kappa shape index (κ1) is 13.7. The van der Waals surface area contributed by atoms with Gasteiger partial charge in [0.1, 0.15) is 5.82 Å². The van der Waals surface area contributed by atoms with E-state index in [1.807, 2.05) is 13.1 Å². The molecule has 1 unspecified atom stereocenters. The van der Waals surface area contributed by atoms with Crippen LogP contribution in [0.25, 0.3) is 0 Å². The Hall–Kier alpha value is -0.410. The summed E-state index contributed by atoms with van der Waals surface area (Å²) in [7, 11) is 1.99. The second kappa shape index (κ2) is 7.02. The number of hydrogen-bond donors (Lipinski definition) is 1. The number of halogens is 2. The summed E-state index contributed by atoms with van der Waals surface area (Å²) in [6.07, 6.45) is 4.29. The molecule has 1 atom stereocenters. The zero-order valence-electron chi connectivity index (χ0n) is 9.89. The van der Waals surface area contributed by atoms with Crippen LogP contribution in [0.15, 0.2) is 22.7 Å². The van der Waals surface area contributed by atoms with Gasteiger partial charge in [-0.25, -0.2) is 4.39 Å². The van der Waals surface area contributed by atoms with Gasteiger partial charge in [-0.2, -0.15) is 0 Å². The van der Waals surface area contributed by atoms with E-state index in [1.165, 1.54) is 6.07 Å². The van der Waals surface area contributed by atoms with Crippen LogP contribution >= 0.6 is 15.9 Å². The number of hydrogen-bond acceptors (Lipinski definition) is 1. The van der Waals surface area contributed by atoms with Crippen molar-refractivity contribution < 1.29 is 4.39 Å². The average Bonchev–Trinajstić information content (AvgIpc) is 2.30. The summed E-state index contributed by atoms with van der Waals surface area (Å²) in [5.41, 5.74) is 1.06. The highest BCUT2D eigenvalue weighted by molar-refractivity contribution is 9.10. The van der Waals surface area contributed by atoms with Crippen molar-refractivity contribution in [2.45, 2.75) is 38.6 Å². The van der Waals surface area contributed by atoms with Crippen LogP contribution in [0.2, 0.25) is 0 Å². The maximum Gasteiger partial charge on any atom is 0.137 e. The summed E-state index contributed by atoms with van der Waals surface area (Å²) in [4.78, 5) is 0. The molecule has 0 saturated heterocycles. The molecule has 1 aromatic rings. The first-order valence-corrected chi connectivity index (χ1v) is 6.58. The van der Waals surface area contributed by atoms with Crippen LogP contribution in [0.3, 0.4) is 0 Å². The van der Waals surface area contributed by atoms with Crippen LogP contribution in [0.1, 0.15) is 31.7 Å². The predicted octanol–water partition coefficient (Wildman–Crippen LogP) is 3.91. The predicted molar refractivity (Wildman–Crippen MR) is 70.2 cm³/mol. The summed E-state index contributed by atoms with van der Waals surface area (Å²) in [6, 6.07) is 5.81. The summed E-state index contributed by atoms with van der Waals surface area (Å²) in [5, 5.41) is 3.28. The molecule has 0 saturated carbocycles. The van der Waals surface area contributed by atoms with E-state index in [1.54, 1.807) is 6.07 Å². The molecule has 1 rings (SSSR count). The summed E-state index contributed by atoms with van der Waals surface area (Å²) in [6.45, 7) is 2.18. The minimum absolute atomic E-state index is 0.168. The van der Waals surface area contributed by atoms with Crippen LogP contribution in [-0.4, -0.2) is 13.1 Å². The van der Waals surface area contributed by atoms with Gasteiger partial charge in [-0.15, -0.1) is 0 Å². The lowest BCUT2D eigenvalue weighted by molar-refractivity contribution is 0.491. The van der Waals surface area contributed by atoms with Crippen LogP contribution in [0, 0.1) is 5.82 Å². The standard InChI is InChI=1S/C13H19BrFN/c1-3-11(16-2)8-4-6-10-7-5-9-12(15)13(10)14/h5,7,9,11,16H,3-4,6,8H2,1-2H3. The van der Waals surface area contributed by atoms with Crippen molar-refractivity contribution in [3.8, 4) is 0 Å². The Morgan fingerprint density at radius 2 is 2.19 bits per heavy atom. The molecule has 0 amide bonds. The fourth-order valence-corrected chi connectivity index (χ4v) is 2.30. The molecule has 0 radical (unpaired) electrons. The van der Waals surface area contributed by atoms with Crippen LogP contribution in [0.5, 0.6) is 0 Å². The van der Waals surface area contributed by atoms with Gasteiger partial charge in [-0.05, 0) is 60.3 Å². The molecule has 1 N–H and O–H groups in total. The van der Waals surface area contributed by atoms with Gasteiger partial charge in [0.15, 0.2) is 0 Å². The highest BCUT2D eigenvalue weighted by Gasteiger charge is 2.06. The summed E-state index contributed by atoms with van der Waals surface area (Å²) >= 11 is 3.29. The number of nitrogens with one attached hydrogen (secondary N) is 1. The number of rotatable bonds is 6. The van der Waals surface area contributed by atoms with Crippen LogP contribution < -0.4 is 5.32 Å². The van der Waals surface area contributed by atoms with Crippen molar-refractivity contribution >= 4 is 15.9 Å². The minimum atomic E-state index is -0.168. The van der Waals surface area contributed by atoms with Gasteiger partial charge in [-0.1, -0.05) is 19.1 Å². The number of aryl methyl sites for hydroxylation is 1. The lowest BCUT2D eigenvalue weighted by Gasteiger charge is -2.13. The highest BCUT2D eigenvalue weighted by atomic mass is 79.9. The maximum atomic E-state index is 13.2. The molecule has 16 heavy (non-hydrogen) atoms. The summed E-state index contributed by atoms with van der Waals surface area (Å²) in [5.74, 6) is -0.168. The Labute approximate surface area is 106 Å². The third kappa shape index (κ3) is 3.87. The highest BCUT2D eigenvalue weighted by Crippen LogP contribution is 2.22. The Bertz CT molecular complexity index is 324. The van der Waals surface area contributed by atoms with Gasteiger partial charge in [0.2, 0.25) is 0 Å². The molecule has 0 aliphatic carbocycles. The van der Waals surface area contributed by atoms with Crippen molar-refractivity contribution in [1.29, 1.82) is 0 Å². The Balaban J connectivity index is 2.46. The van der Waals surface area contributed by atoms with E-state index in [9.17, 15) is 4.39 Å². The third-order valence-corrected chi connectivity index (χ3v) is 3.82. The van der Waals surface area contributed by atoms with Crippen LogP contribution in [-0.2, 0) is 6.42 Å². The Kier molecular flexibility index (Phi) is 5.99. The fourth-order valence-electron chi connectivity index (χ4n) is 1.83. The van der Waals surface area contributed by atoms with Crippen molar-refractivity contribution in [3.63, 3.8) is 0 Å². The Morgan fingerprint density at radius 3 is 2.81 bits per heavy atom. The molecular formula is C13H19BrFN. The lowest BCUT2D eigenvalue weighted by atomic mass is 10.0. The molecule has 0 aliphatic rings. The molecule has 0 aliphatic heterocycles. The summed E-state index contributed by atoms with van der Waals surface area (Å²) < 4.78 is 13.9. The van der Waals surface area contributed by atoms with E-state index < -0.39 is 0 Å². The zero-order chi connectivity index (χ0) is 12.0. The lowest BCUT2D eigenvalue weighted by Crippen LogP contribution is -2.23. The molecule has 0 spiro atoms. The quantitative estimate of drug-likeness (QED) is 0.837. The number of benzene rings is 1.